The van der Waals surface area contributed by atoms with Crippen molar-refractivity contribution in [2.24, 2.45) is 5.16 Å². The predicted octanol–water partition coefficient (Wildman–Crippen LogP) is 3.31. The number of carbonyl (C=O) groups excluding carboxylic acids is 2. The fourth-order valence-corrected chi connectivity index (χ4v) is 3.49. The summed E-state index contributed by atoms with van der Waals surface area (Å²) in [4.78, 5) is 32.1. The molecular formula is C19H14ClFN2O4. The summed E-state index contributed by atoms with van der Waals surface area (Å²) in [6.45, 7) is 0. The Morgan fingerprint density at radius 3 is 2.74 bits per heavy atom. The molecule has 2 amide bonds. The van der Waals surface area contributed by atoms with E-state index in [4.69, 9.17) is 21.2 Å². The molecule has 2 heterocycles. The van der Waals surface area contributed by atoms with Crippen molar-refractivity contribution in [2.75, 3.05) is 12.0 Å². The number of amides is 2. The number of hydrogen-bond acceptors (Lipinski definition) is 5. The zero-order valence-corrected chi connectivity index (χ0v) is 15.0. The normalized spacial score (nSPS) is 21.6. The first-order valence-electron chi connectivity index (χ1n) is 8.16. The number of carbonyl (C=O) groups is 2. The Balaban J connectivity index is 1.67. The van der Waals surface area contributed by atoms with Crippen LogP contribution in [0.5, 0.6) is 5.75 Å². The van der Waals surface area contributed by atoms with E-state index in [1.54, 1.807) is 30.3 Å². The van der Waals surface area contributed by atoms with Gasteiger partial charge in [-0.2, -0.15) is 0 Å². The van der Waals surface area contributed by atoms with E-state index in [0.29, 0.717) is 10.8 Å². The van der Waals surface area contributed by atoms with E-state index in [1.807, 2.05) is 0 Å². The largest absolute Gasteiger partial charge is 0.495 e. The lowest BCUT2D eigenvalue weighted by Gasteiger charge is -2.21. The molecule has 6 nitrogen and oxygen atoms in total. The topological polar surface area (TPSA) is 68.2 Å². The molecule has 1 saturated heterocycles. The van der Waals surface area contributed by atoms with Crippen molar-refractivity contribution in [1.29, 1.82) is 0 Å². The van der Waals surface area contributed by atoms with Crippen molar-refractivity contribution in [2.45, 2.75) is 18.4 Å². The highest BCUT2D eigenvalue weighted by Crippen LogP contribution is 2.42. The predicted molar refractivity (Wildman–Crippen MR) is 96.5 cm³/mol. The first-order chi connectivity index (χ1) is 12.9. The molecule has 1 atom stereocenters. The highest BCUT2D eigenvalue weighted by Gasteiger charge is 2.58. The lowest BCUT2D eigenvalue weighted by molar-refractivity contribution is -0.136. The van der Waals surface area contributed by atoms with E-state index < -0.39 is 23.2 Å². The number of oxime groups is 1. The molecule has 138 valence electrons. The summed E-state index contributed by atoms with van der Waals surface area (Å²) in [7, 11) is 1.43. The van der Waals surface area contributed by atoms with E-state index in [9.17, 15) is 14.0 Å². The number of methoxy groups -OCH3 is 1. The van der Waals surface area contributed by atoms with E-state index in [-0.39, 0.29) is 29.8 Å². The molecule has 0 aromatic heterocycles. The van der Waals surface area contributed by atoms with Gasteiger partial charge < -0.3 is 9.57 Å². The minimum atomic E-state index is -1.48. The summed E-state index contributed by atoms with van der Waals surface area (Å²) >= 11 is 6.02. The minimum absolute atomic E-state index is 0.00210. The maximum Gasteiger partial charge on any atom is 0.281 e. The van der Waals surface area contributed by atoms with Crippen molar-refractivity contribution in [3.05, 3.63) is 58.9 Å². The van der Waals surface area contributed by atoms with Crippen molar-refractivity contribution in [1.82, 2.24) is 0 Å². The van der Waals surface area contributed by atoms with E-state index in [1.165, 1.54) is 19.2 Å². The Bertz CT molecular complexity index is 993. The Morgan fingerprint density at radius 1 is 1.22 bits per heavy atom. The maximum absolute atomic E-state index is 14.0. The highest BCUT2D eigenvalue weighted by molar-refractivity contribution is 6.32. The summed E-state index contributed by atoms with van der Waals surface area (Å²) < 4.78 is 19.3. The molecule has 1 fully saturated rings. The van der Waals surface area contributed by atoms with Gasteiger partial charge in [-0.3, -0.25) is 9.59 Å². The van der Waals surface area contributed by atoms with Gasteiger partial charge >= 0.3 is 0 Å². The molecule has 4 rings (SSSR count). The Labute approximate surface area is 159 Å². The molecule has 0 N–H and O–H groups in total. The van der Waals surface area contributed by atoms with Crippen LogP contribution in [0.25, 0.3) is 0 Å². The second-order valence-electron chi connectivity index (χ2n) is 6.31. The van der Waals surface area contributed by atoms with Gasteiger partial charge in [0.2, 0.25) is 11.5 Å². The second kappa shape index (κ2) is 6.35. The summed E-state index contributed by atoms with van der Waals surface area (Å²) in [6, 6.07) is 10.7. The average Bonchev–Trinajstić information content (AvgIpc) is 3.17. The van der Waals surface area contributed by atoms with Crippen LogP contribution in [0.1, 0.15) is 18.4 Å². The van der Waals surface area contributed by atoms with Gasteiger partial charge in [0.1, 0.15) is 11.6 Å². The smallest absolute Gasteiger partial charge is 0.281 e. The number of rotatable bonds is 3. The molecule has 2 aromatic carbocycles. The molecule has 1 spiro atoms. The molecule has 0 radical (unpaired) electrons. The van der Waals surface area contributed by atoms with Crippen molar-refractivity contribution >= 4 is 34.8 Å². The van der Waals surface area contributed by atoms with Crippen molar-refractivity contribution in [3.63, 3.8) is 0 Å². The van der Waals surface area contributed by atoms with Crippen LogP contribution in [0.4, 0.5) is 10.1 Å². The van der Waals surface area contributed by atoms with Gasteiger partial charge in [0.15, 0.2) is 0 Å². The third-order valence-electron chi connectivity index (χ3n) is 4.63. The lowest BCUT2D eigenvalue weighted by atomic mass is 9.92. The molecule has 0 aliphatic carbocycles. The summed E-state index contributed by atoms with van der Waals surface area (Å²) in [6.07, 6.45) is -0.207. The molecule has 8 heteroatoms. The zero-order chi connectivity index (χ0) is 19.2. The highest BCUT2D eigenvalue weighted by atomic mass is 35.5. The number of hydrogen-bond donors (Lipinski definition) is 0. The van der Waals surface area contributed by atoms with Crippen LogP contribution in [0, 0.1) is 5.82 Å². The minimum Gasteiger partial charge on any atom is -0.495 e. The van der Waals surface area contributed by atoms with Gasteiger partial charge in [-0.1, -0.05) is 35.0 Å². The van der Waals surface area contributed by atoms with Crippen molar-refractivity contribution < 1.29 is 23.6 Å². The number of benzene rings is 2. The van der Waals surface area contributed by atoms with Gasteiger partial charge in [0.05, 0.1) is 24.9 Å². The number of nitrogens with zero attached hydrogens (tertiary/aromatic N) is 2. The molecule has 27 heavy (non-hydrogen) atoms. The molecular weight excluding hydrogens is 375 g/mol. The third kappa shape index (κ3) is 2.75. The molecule has 0 saturated carbocycles. The first kappa shape index (κ1) is 17.5. The van der Waals surface area contributed by atoms with Crippen molar-refractivity contribution in [3.8, 4) is 5.75 Å². The van der Waals surface area contributed by atoms with E-state index in [2.05, 4.69) is 5.16 Å². The first-order valence-corrected chi connectivity index (χ1v) is 8.54. The van der Waals surface area contributed by atoms with Gasteiger partial charge in [-0.05, 0) is 24.3 Å². The van der Waals surface area contributed by atoms with Crippen LogP contribution < -0.4 is 9.64 Å². The SMILES string of the molecule is COc1ccc(Cl)cc1N1C(=O)C[C@]2(CC(c3ccccc3F)=NO2)C1=O. The fourth-order valence-electron chi connectivity index (χ4n) is 3.32. The van der Waals surface area contributed by atoms with Gasteiger partial charge in [0, 0.05) is 17.0 Å². The summed E-state index contributed by atoms with van der Waals surface area (Å²) in [5.41, 5.74) is -0.718. The quantitative estimate of drug-likeness (QED) is 0.756. The molecule has 0 unspecified atom stereocenters. The van der Waals surface area contributed by atoms with Gasteiger partial charge in [-0.25, -0.2) is 9.29 Å². The fraction of sp³-hybridized carbons (Fsp3) is 0.211. The van der Waals surface area contributed by atoms with Crippen LogP contribution in [0.2, 0.25) is 5.02 Å². The van der Waals surface area contributed by atoms with Crippen LogP contribution in [0.15, 0.2) is 47.6 Å². The van der Waals surface area contributed by atoms with Crippen LogP contribution in [-0.2, 0) is 14.4 Å². The number of anilines is 1. The van der Waals surface area contributed by atoms with Crippen LogP contribution in [-0.4, -0.2) is 30.2 Å². The summed E-state index contributed by atoms with van der Waals surface area (Å²) in [5.74, 6) is -1.19. The van der Waals surface area contributed by atoms with Gasteiger partial charge in [-0.15, -0.1) is 0 Å². The Kier molecular flexibility index (Phi) is 4.11. The molecule has 0 bridgehead atoms. The standard InChI is InChI=1S/C19H14ClFN2O4/c1-26-16-7-6-11(20)8-15(16)23-17(24)10-19(18(23)25)9-14(22-27-19)12-4-2-3-5-13(12)21/h2-8H,9-10H2,1H3/t19-/m1/s1. The Hall–Kier alpha value is -2.93. The number of imide groups is 1. The molecule has 2 aliphatic rings. The lowest BCUT2D eigenvalue weighted by Crippen LogP contribution is -2.41. The van der Waals surface area contributed by atoms with Crippen LogP contribution in [0.3, 0.4) is 0 Å². The maximum atomic E-state index is 14.0. The number of halogens is 2. The monoisotopic (exact) mass is 388 g/mol. The summed E-state index contributed by atoms with van der Waals surface area (Å²) in [5, 5.41) is 4.24. The molecule has 2 aromatic rings. The Morgan fingerprint density at radius 2 is 2.00 bits per heavy atom. The number of ether oxygens (including phenoxy) is 1. The average molecular weight is 389 g/mol. The second-order valence-corrected chi connectivity index (χ2v) is 6.74. The van der Waals surface area contributed by atoms with Crippen LogP contribution >= 0.6 is 11.6 Å². The van der Waals surface area contributed by atoms with E-state index >= 15 is 0 Å². The van der Waals surface area contributed by atoms with E-state index in [0.717, 1.165) is 4.90 Å². The zero-order valence-electron chi connectivity index (χ0n) is 14.2. The molecule has 2 aliphatic heterocycles. The third-order valence-corrected chi connectivity index (χ3v) is 4.86. The van der Waals surface area contributed by atoms with Gasteiger partial charge in [0.25, 0.3) is 5.91 Å².